The van der Waals surface area contributed by atoms with Crippen LogP contribution in [0.4, 0.5) is 11.4 Å². The summed E-state index contributed by atoms with van der Waals surface area (Å²) in [6, 6.07) is 4.60. The van der Waals surface area contributed by atoms with Crippen molar-refractivity contribution in [3.8, 4) is 0 Å². The maximum atomic E-state index is 11.8. The number of esters is 1. The Balaban J connectivity index is 1.97. The first-order chi connectivity index (χ1) is 11.6. The zero-order valence-corrected chi connectivity index (χ0v) is 14.0. The first-order valence-corrected chi connectivity index (χ1v) is 7.69. The molecule has 1 aromatic rings. The Hall–Kier alpha value is -1.87. The van der Waals surface area contributed by atoms with E-state index in [0.717, 1.165) is 0 Å². The van der Waals surface area contributed by atoms with Gasteiger partial charge in [-0.05, 0) is 18.2 Å². The van der Waals surface area contributed by atoms with E-state index in [1.54, 1.807) is 13.2 Å². The minimum atomic E-state index is -0.484. The van der Waals surface area contributed by atoms with Crippen LogP contribution in [0.3, 0.4) is 0 Å². The van der Waals surface area contributed by atoms with Crippen LogP contribution in [0.15, 0.2) is 18.2 Å². The van der Waals surface area contributed by atoms with Gasteiger partial charge in [0, 0.05) is 18.5 Å². The van der Waals surface area contributed by atoms with Crippen molar-refractivity contribution >= 4 is 17.3 Å². The van der Waals surface area contributed by atoms with Crippen LogP contribution in [0, 0.1) is 0 Å². The van der Waals surface area contributed by atoms with Gasteiger partial charge in [0.1, 0.15) is 6.61 Å². The van der Waals surface area contributed by atoms with Gasteiger partial charge in [0.05, 0.1) is 51.8 Å². The highest BCUT2D eigenvalue weighted by atomic mass is 16.6. The van der Waals surface area contributed by atoms with Gasteiger partial charge in [-0.15, -0.1) is 0 Å². The highest BCUT2D eigenvalue weighted by Gasteiger charge is 2.08. The van der Waals surface area contributed by atoms with Crippen LogP contribution in [0.1, 0.15) is 10.4 Å². The fourth-order valence-corrected chi connectivity index (χ4v) is 1.76. The largest absolute Gasteiger partial charge is 0.460 e. The van der Waals surface area contributed by atoms with Crippen LogP contribution in [0.25, 0.3) is 0 Å². The van der Waals surface area contributed by atoms with E-state index in [4.69, 9.17) is 35.2 Å². The topological polar surface area (TPSA) is 115 Å². The molecule has 0 fully saturated rings. The number of carbonyl (C=O) groups is 1. The van der Waals surface area contributed by atoms with Gasteiger partial charge in [-0.25, -0.2) is 4.79 Å². The normalized spacial score (nSPS) is 10.7. The van der Waals surface area contributed by atoms with Crippen LogP contribution in [-0.4, -0.2) is 65.9 Å². The molecule has 136 valence electrons. The summed E-state index contributed by atoms with van der Waals surface area (Å²) in [5.74, 6) is -0.484. The van der Waals surface area contributed by atoms with E-state index in [1.807, 2.05) is 0 Å². The zero-order chi connectivity index (χ0) is 17.6. The van der Waals surface area contributed by atoms with Crippen molar-refractivity contribution < 1.29 is 28.5 Å². The number of benzene rings is 1. The summed E-state index contributed by atoms with van der Waals surface area (Å²) in [5, 5.41) is 0. The van der Waals surface area contributed by atoms with Crippen molar-refractivity contribution in [3.63, 3.8) is 0 Å². The van der Waals surface area contributed by atoms with Crippen molar-refractivity contribution in [2.75, 3.05) is 71.4 Å². The summed E-state index contributed by atoms with van der Waals surface area (Å²) < 4.78 is 25.8. The number of nitrogen functional groups attached to an aromatic ring is 2. The van der Waals surface area contributed by atoms with Gasteiger partial charge in [-0.3, -0.25) is 0 Å². The smallest absolute Gasteiger partial charge is 0.338 e. The minimum absolute atomic E-state index is 0.146. The number of ether oxygens (including phenoxy) is 5. The Morgan fingerprint density at radius 1 is 0.792 bits per heavy atom. The van der Waals surface area contributed by atoms with Gasteiger partial charge in [-0.2, -0.15) is 0 Å². The summed E-state index contributed by atoms with van der Waals surface area (Å²) in [7, 11) is 1.62. The number of hydrogen-bond donors (Lipinski definition) is 2. The maximum absolute atomic E-state index is 11.8. The SMILES string of the molecule is COCCOCCOCCOCCOC(=O)c1cc(N)cc(N)c1. The van der Waals surface area contributed by atoms with E-state index in [1.165, 1.54) is 12.1 Å². The molecule has 0 radical (unpaired) electrons. The lowest BCUT2D eigenvalue weighted by molar-refractivity contribution is -0.00551. The number of nitrogens with two attached hydrogens (primary N) is 2. The first kappa shape index (κ1) is 20.2. The quantitative estimate of drug-likeness (QED) is 0.306. The molecule has 0 aliphatic rings. The molecular formula is C16H26N2O6. The highest BCUT2D eigenvalue weighted by Crippen LogP contribution is 2.14. The van der Waals surface area contributed by atoms with Crippen LogP contribution in [-0.2, 0) is 23.7 Å². The second-order valence-corrected chi connectivity index (χ2v) is 4.85. The summed E-state index contributed by atoms with van der Waals surface area (Å²) in [5.41, 5.74) is 12.4. The minimum Gasteiger partial charge on any atom is -0.460 e. The lowest BCUT2D eigenvalue weighted by Crippen LogP contribution is -2.14. The molecule has 0 bridgehead atoms. The Morgan fingerprint density at radius 2 is 1.25 bits per heavy atom. The molecule has 0 aromatic heterocycles. The van der Waals surface area contributed by atoms with E-state index in [-0.39, 0.29) is 13.2 Å². The van der Waals surface area contributed by atoms with Crippen molar-refractivity contribution in [1.82, 2.24) is 0 Å². The predicted octanol–water partition coefficient (Wildman–Crippen LogP) is 0.704. The standard InChI is InChI=1S/C16H26N2O6/c1-20-2-3-21-4-5-22-6-7-23-8-9-24-16(19)13-10-14(17)12-15(18)11-13/h10-12H,2-9,17-18H2,1H3. The van der Waals surface area contributed by atoms with Crippen LogP contribution < -0.4 is 11.5 Å². The Labute approximate surface area is 141 Å². The molecule has 4 N–H and O–H groups in total. The third-order valence-corrected chi connectivity index (χ3v) is 2.85. The van der Waals surface area contributed by atoms with E-state index < -0.39 is 5.97 Å². The van der Waals surface area contributed by atoms with Gasteiger partial charge in [0.2, 0.25) is 0 Å². The Morgan fingerprint density at radius 3 is 1.75 bits per heavy atom. The molecule has 0 spiro atoms. The summed E-state index contributed by atoms with van der Waals surface area (Å²) >= 11 is 0. The average Bonchev–Trinajstić information content (AvgIpc) is 2.54. The maximum Gasteiger partial charge on any atom is 0.338 e. The molecule has 8 nitrogen and oxygen atoms in total. The van der Waals surface area contributed by atoms with Crippen molar-refractivity contribution in [1.29, 1.82) is 0 Å². The lowest BCUT2D eigenvalue weighted by atomic mass is 10.2. The summed E-state index contributed by atoms with van der Waals surface area (Å²) in [6.07, 6.45) is 0. The Kier molecular flexibility index (Phi) is 10.5. The molecule has 0 aliphatic heterocycles. The molecule has 0 amide bonds. The van der Waals surface area contributed by atoms with Crippen molar-refractivity contribution in [2.45, 2.75) is 0 Å². The number of methoxy groups -OCH3 is 1. The molecule has 0 aliphatic carbocycles. The van der Waals surface area contributed by atoms with Crippen molar-refractivity contribution in [3.05, 3.63) is 23.8 Å². The third-order valence-electron chi connectivity index (χ3n) is 2.85. The van der Waals surface area contributed by atoms with E-state index >= 15 is 0 Å². The molecular weight excluding hydrogens is 316 g/mol. The first-order valence-electron chi connectivity index (χ1n) is 7.69. The Bertz CT molecular complexity index is 463. The number of carbonyl (C=O) groups excluding carboxylic acids is 1. The molecule has 0 atom stereocenters. The predicted molar refractivity (Wildman–Crippen MR) is 89.9 cm³/mol. The molecule has 1 rings (SSSR count). The summed E-state index contributed by atoms with van der Waals surface area (Å²) in [4.78, 5) is 11.8. The molecule has 0 heterocycles. The van der Waals surface area contributed by atoms with E-state index in [2.05, 4.69) is 0 Å². The van der Waals surface area contributed by atoms with Crippen LogP contribution in [0.5, 0.6) is 0 Å². The summed E-state index contributed by atoms with van der Waals surface area (Å²) in [6.45, 7) is 3.45. The van der Waals surface area contributed by atoms with Crippen molar-refractivity contribution in [2.24, 2.45) is 0 Å². The highest BCUT2D eigenvalue weighted by molar-refractivity contribution is 5.91. The fraction of sp³-hybridized carbons (Fsp3) is 0.562. The average molecular weight is 342 g/mol. The van der Waals surface area contributed by atoms with Gasteiger partial charge in [0.15, 0.2) is 0 Å². The second-order valence-electron chi connectivity index (χ2n) is 4.85. The van der Waals surface area contributed by atoms with Gasteiger partial charge >= 0.3 is 5.97 Å². The number of rotatable bonds is 13. The zero-order valence-electron chi connectivity index (χ0n) is 14.0. The van der Waals surface area contributed by atoms with Gasteiger partial charge in [0.25, 0.3) is 0 Å². The number of anilines is 2. The molecule has 24 heavy (non-hydrogen) atoms. The molecule has 1 aromatic carbocycles. The molecule has 8 heteroatoms. The van der Waals surface area contributed by atoms with E-state index in [0.29, 0.717) is 56.6 Å². The molecule has 0 unspecified atom stereocenters. The number of hydrogen-bond acceptors (Lipinski definition) is 8. The van der Waals surface area contributed by atoms with Gasteiger partial charge in [-0.1, -0.05) is 0 Å². The molecule has 0 saturated carbocycles. The van der Waals surface area contributed by atoms with Crippen LogP contribution >= 0.6 is 0 Å². The van der Waals surface area contributed by atoms with E-state index in [9.17, 15) is 4.79 Å². The third kappa shape index (κ3) is 9.31. The lowest BCUT2D eigenvalue weighted by Gasteiger charge is -2.08. The fourth-order valence-electron chi connectivity index (χ4n) is 1.76. The van der Waals surface area contributed by atoms with Gasteiger partial charge < -0.3 is 35.2 Å². The van der Waals surface area contributed by atoms with Crippen LogP contribution in [0.2, 0.25) is 0 Å². The second kappa shape index (κ2) is 12.5. The monoisotopic (exact) mass is 342 g/mol. The molecule has 0 saturated heterocycles.